The summed E-state index contributed by atoms with van der Waals surface area (Å²) in [4.78, 5) is 4.30. The molecule has 19 heavy (non-hydrogen) atoms. The summed E-state index contributed by atoms with van der Waals surface area (Å²) in [5, 5.41) is 0. The third kappa shape index (κ3) is 3.74. The van der Waals surface area contributed by atoms with E-state index >= 15 is 0 Å². The molecule has 0 bridgehead atoms. The molecule has 3 heteroatoms. The quantitative estimate of drug-likeness (QED) is 0.629. The first-order valence-electron chi connectivity index (χ1n) is 5.98. The zero-order chi connectivity index (χ0) is 13.5. The molecule has 2 rings (SSSR count). The Hall–Kier alpha value is -1.98. The summed E-state index contributed by atoms with van der Waals surface area (Å²) in [5.41, 5.74) is 2.89. The average molecular weight is 272 g/mol. The van der Waals surface area contributed by atoms with Gasteiger partial charge in [0.15, 0.2) is 0 Å². The van der Waals surface area contributed by atoms with Gasteiger partial charge in [0.05, 0.1) is 17.1 Å². The van der Waals surface area contributed by atoms with Gasteiger partial charge in [-0.25, -0.2) is 0 Å². The van der Waals surface area contributed by atoms with Crippen LogP contribution in [0, 0.1) is 18.8 Å². The molecule has 0 unspecified atom stereocenters. The van der Waals surface area contributed by atoms with Crippen LogP contribution in [0.25, 0.3) is 0 Å². The number of hydrogen-bond acceptors (Lipinski definition) is 2. The van der Waals surface area contributed by atoms with Gasteiger partial charge in [0.25, 0.3) is 0 Å². The summed E-state index contributed by atoms with van der Waals surface area (Å²) in [6.45, 7) is 2.46. The van der Waals surface area contributed by atoms with Crippen LogP contribution in [0.4, 0.5) is 0 Å². The zero-order valence-electron chi connectivity index (χ0n) is 10.7. The van der Waals surface area contributed by atoms with Gasteiger partial charge in [-0.15, -0.1) is 11.6 Å². The summed E-state index contributed by atoms with van der Waals surface area (Å²) < 4.78 is 5.79. The first kappa shape index (κ1) is 13.5. The van der Waals surface area contributed by atoms with Crippen molar-refractivity contribution in [2.24, 2.45) is 0 Å². The first-order chi connectivity index (χ1) is 9.31. The van der Waals surface area contributed by atoms with Crippen LogP contribution < -0.4 is 4.74 Å². The standard InChI is InChI=1S/C16H14ClNO/c1-13-6-5-11-18-15(13)12-19-16-9-3-2-7-14(16)8-4-10-17/h2-3,5-7,9,11H,10,12H2,1H3. The molecule has 0 N–H and O–H groups in total. The van der Waals surface area contributed by atoms with Crippen molar-refractivity contribution < 1.29 is 4.74 Å². The number of rotatable bonds is 3. The van der Waals surface area contributed by atoms with Crippen LogP contribution in [0.3, 0.4) is 0 Å². The lowest BCUT2D eigenvalue weighted by Crippen LogP contribution is -2.01. The van der Waals surface area contributed by atoms with Crippen LogP contribution in [0.5, 0.6) is 5.75 Å². The molecule has 0 spiro atoms. The van der Waals surface area contributed by atoms with Gasteiger partial charge in [0.1, 0.15) is 12.4 Å². The number of benzene rings is 1. The van der Waals surface area contributed by atoms with E-state index in [2.05, 4.69) is 16.8 Å². The zero-order valence-corrected chi connectivity index (χ0v) is 11.4. The van der Waals surface area contributed by atoms with Crippen molar-refractivity contribution in [1.82, 2.24) is 4.98 Å². The molecule has 0 aliphatic rings. The fourth-order valence-corrected chi connectivity index (χ4v) is 1.71. The van der Waals surface area contributed by atoms with E-state index < -0.39 is 0 Å². The van der Waals surface area contributed by atoms with Gasteiger partial charge in [0, 0.05) is 6.20 Å². The van der Waals surface area contributed by atoms with Gasteiger partial charge in [-0.3, -0.25) is 4.98 Å². The Morgan fingerprint density at radius 1 is 1.21 bits per heavy atom. The van der Waals surface area contributed by atoms with Gasteiger partial charge >= 0.3 is 0 Å². The number of pyridine rings is 1. The first-order valence-corrected chi connectivity index (χ1v) is 6.52. The molecule has 1 aromatic heterocycles. The second kappa shape index (κ2) is 6.82. The number of alkyl halides is 1. The van der Waals surface area contributed by atoms with Gasteiger partial charge in [0.2, 0.25) is 0 Å². The Morgan fingerprint density at radius 2 is 2.05 bits per heavy atom. The Labute approximate surface area is 118 Å². The van der Waals surface area contributed by atoms with Crippen molar-refractivity contribution in [3.63, 3.8) is 0 Å². The average Bonchev–Trinajstić information content (AvgIpc) is 2.45. The van der Waals surface area contributed by atoms with E-state index in [-0.39, 0.29) is 0 Å². The van der Waals surface area contributed by atoms with Crippen LogP contribution in [0.1, 0.15) is 16.8 Å². The van der Waals surface area contributed by atoms with Gasteiger partial charge < -0.3 is 4.74 Å². The molecule has 0 amide bonds. The van der Waals surface area contributed by atoms with Gasteiger partial charge in [-0.05, 0) is 30.7 Å². The van der Waals surface area contributed by atoms with E-state index in [0.29, 0.717) is 12.5 Å². The van der Waals surface area contributed by atoms with E-state index in [1.54, 1.807) is 6.20 Å². The highest BCUT2D eigenvalue weighted by molar-refractivity contribution is 6.19. The number of ether oxygens (including phenoxy) is 1. The van der Waals surface area contributed by atoms with Gasteiger partial charge in [-0.2, -0.15) is 0 Å². The lowest BCUT2D eigenvalue weighted by atomic mass is 10.2. The molecule has 0 saturated carbocycles. The van der Waals surface area contributed by atoms with Crippen molar-refractivity contribution >= 4 is 11.6 Å². The highest BCUT2D eigenvalue weighted by Crippen LogP contribution is 2.18. The molecule has 96 valence electrons. The van der Waals surface area contributed by atoms with Crippen LogP contribution in [0.2, 0.25) is 0 Å². The predicted octanol–water partition coefficient (Wildman–Crippen LogP) is 3.56. The third-order valence-corrected chi connectivity index (χ3v) is 2.79. The topological polar surface area (TPSA) is 22.1 Å². The van der Waals surface area contributed by atoms with E-state index in [1.165, 1.54) is 0 Å². The molecule has 0 aliphatic heterocycles. The largest absolute Gasteiger partial charge is 0.486 e. The van der Waals surface area contributed by atoms with E-state index in [4.69, 9.17) is 16.3 Å². The lowest BCUT2D eigenvalue weighted by Gasteiger charge is -2.09. The highest BCUT2D eigenvalue weighted by atomic mass is 35.5. The molecule has 0 fully saturated rings. The van der Waals surface area contributed by atoms with Gasteiger partial charge in [-0.1, -0.05) is 30.0 Å². The number of para-hydroxylation sites is 1. The van der Waals surface area contributed by atoms with E-state index in [1.807, 2.05) is 43.3 Å². The van der Waals surface area contributed by atoms with Crippen LogP contribution in [-0.4, -0.2) is 10.9 Å². The minimum absolute atomic E-state index is 0.313. The Kier molecular flexibility index (Phi) is 4.83. The Bertz CT molecular complexity index is 613. The Balaban J connectivity index is 2.14. The monoisotopic (exact) mass is 271 g/mol. The number of aryl methyl sites for hydroxylation is 1. The highest BCUT2D eigenvalue weighted by Gasteiger charge is 2.03. The fraction of sp³-hybridized carbons (Fsp3) is 0.188. The molecule has 1 aromatic carbocycles. The molecular weight excluding hydrogens is 258 g/mol. The predicted molar refractivity (Wildman–Crippen MR) is 77.3 cm³/mol. The maximum absolute atomic E-state index is 5.79. The maximum Gasteiger partial charge on any atom is 0.135 e. The number of aromatic nitrogens is 1. The second-order valence-electron chi connectivity index (χ2n) is 3.99. The summed E-state index contributed by atoms with van der Waals surface area (Å²) in [6, 6.07) is 11.6. The SMILES string of the molecule is Cc1cccnc1COc1ccccc1C#CCCl. The molecule has 0 radical (unpaired) electrons. The molecule has 0 saturated heterocycles. The molecule has 0 atom stereocenters. The second-order valence-corrected chi connectivity index (χ2v) is 4.25. The fourth-order valence-electron chi connectivity index (χ4n) is 1.64. The summed E-state index contributed by atoms with van der Waals surface area (Å²) >= 11 is 5.57. The van der Waals surface area contributed by atoms with Crippen molar-refractivity contribution in [2.75, 3.05) is 5.88 Å². The van der Waals surface area contributed by atoms with Crippen molar-refractivity contribution in [1.29, 1.82) is 0 Å². The van der Waals surface area contributed by atoms with Crippen molar-refractivity contribution in [3.05, 3.63) is 59.4 Å². The summed E-state index contributed by atoms with van der Waals surface area (Å²) in [6.07, 6.45) is 1.77. The van der Waals surface area contributed by atoms with E-state index in [9.17, 15) is 0 Å². The molecule has 0 aliphatic carbocycles. The molecule has 1 heterocycles. The number of nitrogens with zero attached hydrogens (tertiary/aromatic N) is 1. The third-order valence-electron chi connectivity index (χ3n) is 2.66. The lowest BCUT2D eigenvalue weighted by molar-refractivity contribution is 0.299. The van der Waals surface area contributed by atoms with Crippen molar-refractivity contribution in [3.8, 4) is 17.6 Å². The van der Waals surface area contributed by atoms with E-state index in [0.717, 1.165) is 22.6 Å². The van der Waals surface area contributed by atoms with Crippen LogP contribution in [-0.2, 0) is 6.61 Å². The Morgan fingerprint density at radius 3 is 2.84 bits per heavy atom. The normalized spacial score (nSPS) is 9.58. The summed E-state index contributed by atoms with van der Waals surface area (Å²) in [7, 11) is 0. The minimum atomic E-state index is 0.313. The van der Waals surface area contributed by atoms with Crippen LogP contribution >= 0.6 is 11.6 Å². The molecule has 2 nitrogen and oxygen atoms in total. The minimum Gasteiger partial charge on any atom is -0.486 e. The number of halogens is 1. The molecular formula is C16H14ClNO. The maximum atomic E-state index is 5.79. The summed E-state index contributed by atoms with van der Waals surface area (Å²) in [5.74, 6) is 6.89. The number of hydrogen-bond donors (Lipinski definition) is 0. The smallest absolute Gasteiger partial charge is 0.135 e. The van der Waals surface area contributed by atoms with Crippen molar-refractivity contribution in [2.45, 2.75) is 13.5 Å². The van der Waals surface area contributed by atoms with Crippen LogP contribution in [0.15, 0.2) is 42.6 Å². The molecule has 2 aromatic rings.